The fourth-order valence-electron chi connectivity index (χ4n) is 3.90. The average molecular weight is 411 g/mol. The Morgan fingerprint density at radius 1 is 1.33 bits per heavy atom. The molecule has 1 aromatic carbocycles. The van der Waals surface area contributed by atoms with Crippen LogP contribution in [-0.4, -0.2) is 51.5 Å². The van der Waals surface area contributed by atoms with Gasteiger partial charge in [0.1, 0.15) is 29.7 Å². The number of imidazole rings is 1. The molecule has 1 aliphatic heterocycles. The largest absolute Gasteiger partial charge is 0.497 e. The Morgan fingerprint density at radius 2 is 2.03 bits per heavy atom. The van der Waals surface area contributed by atoms with E-state index in [2.05, 4.69) is 15.6 Å². The molecular weight excluding hydrogens is 386 g/mol. The van der Waals surface area contributed by atoms with Gasteiger partial charge in [-0.2, -0.15) is 0 Å². The highest BCUT2D eigenvalue weighted by atomic mass is 16.5. The van der Waals surface area contributed by atoms with E-state index in [0.29, 0.717) is 11.6 Å². The smallest absolute Gasteiger partial charge is 0.325 e. The normalized spacial score (nSPS) is 22.0. The second-order valence-corrected chi connectivity index (χ2v) is 7.97. The summed E-state index contributed by atoms with van der Waals surface area (Å²) < 4.78 is 7.02. The zero-order valence-corrected chi connectivity index (χ0v) is 17.2. The second kappa shape index (κ2) is 7.47. The number of carbonyl (C=O) groups excluding carboxylic acids is 3. The third-order valence-electron chi connectivity index (χ3n) is 5.87. The molecule has 2 aromatic rings. The topological polar surface area (TPSA) is 106 Å². The number of nitrogens with zero attached hydrogens (tertiary/aromatic N) is 3. The summed E-state index contributed by atoms with van der Waals surface area (Å²) in [6, 6.07) is 6.22. The Hall–Kier alpha value is -3.36. The molecule has 1 aliphatic carbocycles. The zero-order valence-electron chi connectivity index (χ0n) is 17.2. The predicted octanol–water partition coefficient (Wildman–Crippen LogP) is 1.35. The molecule has 0 spiro atoms. The summed E-state index contributed by atoms with van der Waals surface area (Å²) in [5, 5.41) is 5.68. The summed E-state index contributed by atoms with van der Waals surface area (Å²) in [6.45, 7) is 1.39. The molecule has 2 atom stereocenters. The maximum Gasteiger partial charge on any atom is 0.325 e. The van der Waals surface area contributed by atoms with Crippen LogP contribution in [0.2, 0.25) is 0 Å². The van der Waals surface area contributed by atoms with Gasteiger partial charge in [-0.05, 0) is 43.4 Å². The van der Waals surface area contributed by atoms with Gasteiger partial charge in [0.25, 0.3) is 5.91 Å². The predicted molar refractivity (Wildman–Crippen MR) is 108 cm³/mol. The Labute approximate surface area is 174 Å². The van der Waals surface area contributed by atoms with Gasteiger partial charge in [-0.3, -0.25) is 14.5 Å². The van der Waals surface area contributed by atoms with Crippen molar-refractivity contribution in [3.63, 3.8) is 0 Å². The molecule has 1 aromatic heterocycles. The molecule has 1 saturated heterocycles. The number of aryl methyl sites for hydroxylation is 1. The van der Waals surface area contributed by atoms with Crippen molar-refractivity contribution in [3.05, 3.63) is 48.0 Å². The molecule has 0 unspecified atom stereocenters. The summed E-state index contributed by atoms with van der Waals surface area (Å²) in [5.41, 5.74) is -0.106. The monoisotopic (exact) mass is 411 g/mol. The van der Waals surface area contributed by atoms with E-state index in [4.69, 9.17) is 4.74 Å². The van der Waals surface area contributed by atoms with Crippen molar-refractivity contribution in [3.8, 4) is 5.75 Å². The van der Waals surface area contributed by atoms with Gasteiger partial charge in [0.2, 0.25) is 5.91 Å². The quantitative estimate of drug-likeness (QED) is 0.669. The molecule has 2 aliphatic rings. The zero-order chi connectivity index (χ0) is 21.5. The Kier molecular flexibility index (Phi) is 4.97. The molecule has 0 radical (unpaired) electrons. The highest BCUT2D eigenvalue weighted by molar-refractivity contribution is 6.09. The minimum Gasteiger partial charge on any atom is -0.497 e. The molecular formula is C21H25N5O4. The molecule has 9 heteroatoms. The molecule has 0 bridgehead atoms. The second-order valence-electron chi connectivity index (χ2n) is 7.97. The van der Waals surface area contributed by atoms with Crippen LogP contribution in [0.1, 0.15) is 37.2 Å². The van der Waals surface area contributed by atoms with Crippen LogP contribution in [-0.2, 0) is 16.6 Å². The number of nitrogens with one attached hydrogen (secondary N) is 2. The standard InChI is InChI=1S/C21H25N5O4/c1-21(14-6-7-14)19(28)26(20(29)24-21)12-16(27)23-17(18-22-10-11-25(18)2)13-4-8-15(30-3)9-5-13/h4-5,8-11,14,17H,6-7,12H2,1-3H3,(H,23,27)(H,24,29)/t17-,21+/m1/s1. The van der Waals surface area contributed by atoms with Crippen molar-refractivity contribution < 1.29 is 19.1 Å². The van der Waals surface area contributed by atoms with Crippen molar-refractivity contribution in [1.29, 1.82) is 0 Å². The fraction of sp³-hybridized carbons (Fsp3) is 0.429. The highest BCUT2D eigenvalue weighted by Gasteiger charge is 2.56. The van der Waals surface area contributed by atoms with Gasteiger partial charge in [-0.25, -0.2) is 9.78 Å². The molecule has 2 heterocycles. The third kappa shape index (κ3) is 3.51. The van der Waals surface area contributed by atoms with E-state index in [-0.39, 0.29) is 18.4 Å². The maximum atomic E-state index is 12.9. The number of methoxy groups -OCH3 is 1. The van der Waals surface area contributed by atoms with Gasteiger partial charge in [-0.15, -0.1) is 0 Å². The number of imide groups is 1. The van der Waals surface area contributed by atoms with E-state index < -0.39 is 23.5 Å². The van der Waals surface area contributed by atoms with Crippen molar-refractivity contribution >= 4 is 17.8 Å². The van der Waals surface area contributed by atoms with Gasteiger partial charge in [-0.1, -0.05) is 12.1 Å². The summed E-state index contributed by atoms with van der Waals surface area (Å²) in [5.74, 6) is 0.683. The summed E-state index contributed by atoms with van der Waals surface area (Å²) in [4.78, 5) is 43.4. The first-order valence-corrected chi connectivity index (χ1v) is 9.88. The number of carbonyl (C=O) groups is 3. The van der Waals surface area contributed by atoms with Gasteiger partial charge in [0.15, 0.2) is 0 Å². The van der Waals surface area contributed by atoms with Gasteiger partial charge in [0, 0.05) is 19.4 Å². The van der Waals surface area contributed by atoms with Gasteiger partial charge < -0.3 is 19.9 Å². The summed E-state index contributed by atoms with van der Waals surface area (Å²) >= 11 is 0. The molecule has 4 rings (SSSR count). The van der Waals surface area contributed by atoms with Crippen LogP contribution in [0.4, 0.5) is 4.79 Å². The van der Waals surface area contributed by atoms with Crippen molar-refractivity contribution in [1.82, 2.24) is 25.1 Å². The van der Waals surface area contributed by atoms with Crippen LogP contribution >= 0.6 is 0 Å². The SMILES string of the molecule is COc1ccc([C@@H](NC(=O)CN2C(=O)N[C@@](C)(C3CC3)C2=O)c2nccn2C)cc1. The highest BCUT2D eigenvalue weighted by Crippen LogP contribution is 2.42. The average Bonchev–Trinajstić information content (AvgIpc) is 3.47. The van der Waals surface area contributed by atoms with Crippen molar-refractivity contribution in [2.45, 2.75) is 31.3 Å². The number of urea groups is 1. The maximum absolute atomic E-state index is 12.9. The first kappa shape index (κ1) is 19.9. The van der Waals surface area contributed by atoms with Crippen LogP contribution < -0.4 is 15.4 Å². The molecule has 9 nitrogen and oxygen atoms in total. The lowest BCUT2D eigenvalue weighted by Crippen LogP contribution is -2.47. The minimum atomic E-state index is -0.910. The molecule has 158 valence electrons. The molecule has 2 N–H and O–H groups in total. The van der Waals surface area contributed by atoms with E-state index in [1.54, 1.807) is 38.6 Å². The lowest BCUT2D eigenvalue weighted by Gasteiger charge is -2.22. The Bertz CT molecular complexity index is 982. The van der Waals surface area contributed by atoms with Crippen molar-refractivity contribution in [2.24, 2.45) is 13.0 Å². The number of hydrogen-bond acceptors (Lipinski definition) is 5. The number of ether oxygens (including phenoxy) is 1. The van der Waals surface area contributed by atoms with Crippen LogP contribution in [0.15, 0.2) is 36.7 Å². The molecule has 4 amide bonds. The summed E-state index contributed by atoms with van der Waals surface area (Å²) in [6.07, 6.45) is 5.25. The molecule has 2 fully saturated rings. The number of hydrogen-bond donors (Lipinski definition) is 2. The van der Waals surface area contributed by atoms with Crippen LogP contribution in [0.3, 0.4) is 0 Å². The lowest BCUT2D eigenvalue weighted by molar-refractivity contribution is -0.135. The van der Waals surface area contributed by atoms with Gasteiger partial charge in [0.05, 0.1) is 7.11 Å². The van der Waals surface area contributed by atoms with Crippen LogP contribution in [0.5, 0.6) is 5.75 Å². The van der Waals surface area contributed by atoms with E-state index in [1.807, 2.05) is 23.7 Å². The minimum absolute atomic E-state index is 0.140. The van der Waals surface area contributed by atoms with Crippen LogP contribution in [0.25, 0.3) is 0 Å². The van der Waals surface area contributed by atoms with E-state index >= 15 is 0 Å². The number of benzene rings is 1. The number of rotatable bonds is 7. The fourth-order valence-corrected chi connectivity index (χ4v) is 3.90. The number of aromatic nitrogens is 2. The van der Waals surface area contributed by atoms with Crippen molar-refractivity contribution in [2.75, 3.05) is 13.7 Å². The molecule has 30 heavy (non-hydrogen) atoms. The van der Waals surface area contributed by atoms with E-state index in [0.717, 1.165) is 23.3 Å². The first-order valence-electron chi connectivity index (χ1n) is 9.88. The first-order chi connectivity index (χ1) is 14.3. The van der Waals surface area contributed by atoms with Crippen LogP contribution in [0, 0.1) is 5.92 Å². The summed E-state index contributed by atoms with van der Waals surface area (Å²) in [7, 11) is 3.42. The third-order valence-corrected chi connectivity index (χ3v) is 5.87. The van der Waals surface area contributed by atoms with E-state index in [9.17, 15) is 14.4 Å². The van der Waals surface area contributed by atoms with Gasteiger partial charge >= 0.3 is 6.03 Å². The Balaban J connectivity index is 1.53. The lowest BCUT2D eigenvalue weighted by atomic mass is 9.96. The Morgan fingerprint density at radius 3 is 2.60 bits per heavy atom. The van der Waals surface area contributed by atoms with E-state index in [1.165, 1.54) is 0 Å². The number of amides is 4. The molecule has 1 saturated carbocycles.